The number of imidazole rings is 1. The van der Waals surface area contributed by atoms with Gasteiger partial charge in [-0.3, -0.25) is 9.55 Å². The van der Waals surface area contributed by atoms with Crippen LogP contribution in [-0.4, -0.2) is 39.6 Å². The third-order valence-electron chi connectivity index (χ3n) is 3.54. The van der Waals surface area contributed by atoms with E-state index in [0.29, 0.717) is 11.7 Å². The summed E-state index contributed by atoms with van der Waals surface area (Å²) >= 11 is 0. The maximum Gasteiger partial charge on any atom is 0.327 e. The van der Waals surface area contributed by atoms with Gasteiger partial charge in [0.15, 0.2) is 5.65 Å². The topological polar surface area (TPSA) is 53.9 Å². The van der Waals surface area contributed by atoms with Crippen LogP contribution in [-0.2, 0) is 0 Å². The van der Waals surface area contributed by atoms with E-state index < -0.39 is 0 Å². The predicted molar refractivity (Wildman–Crippen MR) is 66.1 cm³/mol. The van der Waals surface area contributed by atoms with Gasteiger partial charge in [0.2, 0.25) is 0 Å². The second-order valence-corrected chi connectivity index (χ2v) is 4.71. The van der Waals surface area contributed by atoms with E-state index in [9.17, 15) is 4.79 Å². The molecule has 1 aliphatic heterocycles. The minimum absolute atomic E-state index is 0.0340. The Labute approximate surface area is 99.1 Å². The summed E-state index contributed by atoms with van der Waals surface area (Å²) in [6, 6.07) is 4.14. The summed E-state index contributed by atoms with van der Waals surface area (Å²) in [6.07, 6.45) is 3.76. The average molecular weight is 232 g/mol. The summed E-state index contributed by atoms with van der Waals surface area (Å²) in [7, 11) is 2.12. The van der Waals surface area contributed by atoms with Crippen LogP contribution in [0.3, 0.4) is 0 Å². The van der Waals surface area contributed by atoms with Crippen molar-refractivity contribution in [2.24, 2.45) is 0 Å². The summed E-state index contributed by atoms with van der Waals surface area (Å²) in [5.41, 5.74) is 1.58. The number of nitrogens with one attached hydrogen (secondary N) is 1. The highest BCUT2D eigenvalue weighted by Gasteiger charge is 2.21. The van der Waals surface area contributed by atoms with E-state index in [-0.39, 0.29) is 5.69 Å². The molecule has 0 aromatic carbocycles. The van der Waals surface area contributed by atoms with Gasteiger partial charge >= 0.3 is 5.69 Å². The number of piperidine rings is 1. The van der Waals surface area contributed by atoms with Gasteiger partial charge in [0.25, 0.3) is 0 Å². The molecule has 0 amide bonds. The molecule has 1 saturated heterocycles. The molecule has 5 nitrogen and oxygen atoms in total. The number of aromatic amines is 1. The van der Waals surface area contributed by atoms with E-state index in [0.717, 1.165) is 31.4 Å². The molecule has 2 aromatic heterocycles. The fourth-order valence-electron chi connectivity index (χ4n) is 2.57. The van der Waals surface area contributed by atoms with Gasteiger partial charge in [0.1, 0.15) is 0 Å². The minimum Gasteiger partial charge on any atom is -0.306 e. The number of pyridine rings is 1. The molecule has 1 aliphatic rings. The van der Waals surface area contributed by atoms with Crippen LogP contribution in [0.2, 0.25) is 0 Å². The molecular weight excluding hydrogens is 216 g/mol. The Kier molecular flexibility index (Phi) is 2.48. The Morgan fingerprint density at radius 3 is 2.94 bits per heavy atom. The lowest BCUT2D eigenvalue weighted by Gasteiger charge is -2.29. The van der Waals surface area contributed by atoms with Crippen molar-refractivity contribution in [1.82, 2.24) is 19.4 Å². The number of hydrogen-bond acceptors (Lipinski definition) is 3. The second-order valence-electron chi connectivity index (χ2n) is 4.71. The van der Waals surface area contributed by atoms with Crippen LogP contribution in [0.4, 0.5) is 0 Å². The first-order chi connectivity index (χ1) is 8.25. The Morgan fingerprint density at radius 1 is 1.41 bits per heavy atom. The van der Waals surface area contributed by atoms with Gasteiger partial charge in [0.05, 0.1) is 5.52 Å². The molecule has 1 fully saturated rings. The molecule has 0 spiro atoms. The second kappa shape index (κ2) is 4.00. The Morgan fingerprint density at radius 2 is 2.18 bits per heavy atom. The number of aromatic nitrogens is 3. The molecule has 17 heavy (non-hydrogen) atoms. The molecule has 0 atom stereocenters. The van der Waals surface area contributed by atoms with E-state index in [2.05, 4.69) is 21.9 Å². The first-order valence-corrected chi connectivity index (χ1v) is 5.99. The Bertz CT molecular complexity index is 577. The van der Waals surface area contributed by atoms with Crippen LogP contribution in [0, 0.1) is 0 Å². The molecule has 3 heterocycles. The fourth-order valence-corrected chi connectivity index (χ4v) is 2.57. The van der Waals surface area contributed by atoms with Gasteiger partial charge in [-0.15, -0.1) is 0 Å². The van der Waals surface area contributed by atoms with E-state index in [1.54, 1.807) is 6.20 Å². The number of rotatable bonds is 1. The van der Waals surface area contributed by atoms with Crippen LogP contribution >= 0.6 is 0 Å². The lowest BCUT2D eigenvalue weighted by Crippen LogP contribution is -2.34. The van der Waals surface area contributed by atoms with Crippen molar-refractivity contribution in [3.8, 4) is 0 Å². The third-order valence-corrected chi connectivity index (χ3v) is 3.54. The van der Waals surface area contributed by atoms with E-state index in [1.807, 2.05) is 16.7 Å². The molecule has 0 unspecified atom stereocenters. The van der Waals surface area contributed by atoms with Crippen LogP contribution < -0.4 is 5.69 Å². The van der Waals surface area contributed by atoms with Crippen LogP contribution in [0.5, 0.6) is 0 Å². The standard InChI is InChI=1S/C12H16N4O/c1-15-7-4-9(5-8-15)16-10-3-2-6-13-11(10)14-12(16)17/h2-3,6,9H,4-5,7-8H2,1H3,(H,13,14,17). The normalized spacial score (nSPS) is 18.9. The van der Waals surface area contributed by atoms with Crippen molar-refractivity contribution in [3.63, 3.8) is 0 Å². The molecule has 0 bridgehead atoms. The SMILES string of the molecule is CN1CCC(n2c(=O)[nH]c3ncccc32)CC1. The van der Waals surface area contributed by atoms with E-state index in [4.69, 9.17) is 0 Å². The van der Waals surface area contributed by atoms with Gasteiger partial charge in [-0.1, -0.05) is 0 Å². The third kappa shape index (κ3) is 1.76. The van der Waals surface area contributed by atoms with Gasteiger partial charge in [-0.05, 0) is 45.1 Å². The molecule has 0 aliphatic carbocycles. The zero-order valence-electron chi connectivity index (χ0n) is 9.89. The zero-order chi connectivity index (χ0) is 11.8. The molecule has 0 saturated carbocycles. The summed E-state index contributed by atoms with van der Waals surface area (Å²) in [5.74, 6) is 0. The van der Waals surface area contributed by atoms with Gasteiger partial charge in [-0.25, -0.2) is 9.78 Å². The van der Waals surface area contributed by atoms with Crippen molar-refractivity contribution < 1.29 is 0 Å². The molecule has 5 heteroatoms. The predicted octanol–water partition coefficient (Wildman–Crippen LogP) is 0.991. The molecule has 3 rings (SSSR count). The average Bonchev–Trinajstić information content (AvgIpc) is 2.66. The summed E-state index contributed by atoms with van der Waals surface area (Å²) in [6.45, 7) is 2.09. The monoisotopic (exact) mass is 232 g/mol. The summed E-state index contributed by atoms with van der Waals surface area (Å²) < 4.78 is 1.87. The Hall–Kier alpha value is -1.62. The lowest BCUT2D eigenvalue weighted by atomic mass is 10.1. The summed E-state index contributed by atoms with van der Waals surface area (Å²) in [4.78, 5) is 21.3. The fraction of sp³-hybridized carbons (Fsp3) is 0.500. The zero-order valence-corrected chi connectivity index (χ0v) is 9.89. The molecule has 1 N–H and O–H groups in total. The lowest BCUT2D eigenvalue weighted by molar-refractivity contribution is 0.221. The van der Waals surface area contributed by atoms with Gasteiger partial charge in [0, 0.05) is 12.2 Å². The number of nitrogens with zero attached hydrogens (tertiary/aromatic N) is 3. The highest BCUT2D eigenvalue weighted by Crippen LogP contribution is 2.23. The van der Waals surface area contributed by atoms with Crippen LogP contribution in [0.25, 0.3) is 11.2 Å². The van der Waals surface area contributed by atoms with Crippen molar-refractivity contribution in [3.05, 3.63) is 28.8 Å². The van der Waals surface area contributed by atoms with Crippen LogP contribution in [0.15, 0.2) is 23.1 Å². The van der Waals surface area contributed by atoms with Crippen molar-refractivity contribution >= 4 is 11.2 Å². The molecular formula is C12H16N4O. The number of hydrogen-bond donors (Lipinski definition) is 1. The molecule has 0 radical (unpaired) electrons. The smallest absolute Gasteiger partial charge is 0.306 e. The molecule has 2 aromatic rings. The van der Waals surface area contributed by atoms with E-state index >= 15 is 0 Å². The quantitative estimate of drug-likeness (QED) is 0.797. The number of likely N-dealkylation sites (tertiary alicyclic amines) is 1. The van der Waals surface area contributed by atoms with Gasteiger partial charge < -0.3 is 4.90 Å². The highest BCUT2D eigenvalue weighted by molar-refractivity contribution is 5.70. The Balaban J connectivity index is 2.05. The number of fused-ring (bicyclic) bond motifs is 1. The van der Waals surface area contributed by atoms with E-state index in [1.165, 1.54) is 0 Å². The van der Waals surface area contributed by atoms with Crippen molar-refractivity contribution in [2.75, 3.05) is 20.1 Å². The van der Waals surface area contributed by atoms with Crippen molar-refractivity contribution in [1.29, 1.82) is 0 Å². The number of H-pyrrole nitrogens is 1. The summed E-state index contributed by atoms with van der Waals surface area (Å²) in [5, 5.41) is 0. The van der Waals surface area contributed by atoms with Crippen molar-refractivity contribution in [2.45, 2.75) is 18.9 Å². The largest absolute Gasteiger partial charge is 0.327 e. The maximum atomic E-state index is 12.0. The maximum absolute atomic E-state index is 12.0. The van der Waals surface area contributed by atoms with Crippen LogP contribution in [0.1, 0.15) is 18.9 Å². The first-order valence-electron chi connectivity index (χ1n) is 5.99. The van der Waals surface area contributed by atoms with Gasteiger partial charge in [-0.2, -0.15) is 0 Å². The highest BCUT2D eigenvalue weighted by atomic mass is 16.1. The minimum atomic E-state index is -0.0340. The first kappa shape index (κ1) is 10.5. The molecule has 90 valence electrons.